The second-order valence-electron chi connectivity index (χ2n) is 8.68. The van der Waals surface area contributed by atoms with Crippen molar-refractivity contribution in [1.82, 2.24) is 10.3 Å². The van der Waals surface area contributed by atoms with Gasteiger partial charge in [0.15, 0.2) is 0 Å². The molecular formula is C28H38N4O5. The SMILES string of the molecule is CCC(O)c1ccnc2ccc(OC)cc12.CCCC(CCC)NCC(=O)Nc1ccccc1[N+](=O)[O-]. The molecular weight excluding hydrogens is 472 g/mol. The molecule has 0 saturated heterocycles. The monoisotopic (exact) mass is 510 g/mol. The number of nitrogens with one attached hydrogen (secondary N) is 2. The molecule has 9 heteroatoms. The molecule has 1 aromatic heterocycles. The number of ether oxygens (including phenoxy) is 1. The summed E-state index contributed by atoms with van der Waals surface area (Å²) >= 11 is 0. The highest BCUT2D eigenvalue weighted by Crippen LogP contribution is 2.27. The largest absolute Gasteiger partial charge is 0.497 e. The van der Waals surface area contributed by atoms with Crippen LogP contribution in [-0.2, 0) is 4.79 Å². The second-order valence-corrected chi connectivity index (χ2v) is 8.68. The van der Waals surface area contributed by atoms with E-state index >= 15 is 0 Å². The Morgan fingerprint density at radius 2 is 1.81 bits per heavy atom. The van der Waals surface area contributed by atoms with Crippen molar-refractivity contribution < 1.29 is 19.6 Å². The third kappa shape index (κ3) is 9.11. The fourth-order valence-electron chi connectivity index (χ4n) is 4.00. The van der Waals surface area contributed by atoms with E-state index in [1.165, 1.54) is 12.1 Å². The van der Waals surface area contributed by atoms with Crippen LogP contribution in [0.15, 0.2) is 54.7 Å². The van der Waals surface area contributed by atoms with Gasteiger partial charge in [-0.25, -0.2) is 0 Å². The number of benzene rings is 2. The molecule has 37 heavy (non-hydrogen) atoms. The summed E-state index contributed by atoms with van der Waals surface area (Å²) in [6, 6.07) is 14.0. The maximum Gasteiger partial charge on any atom is 0.292 e. The molecule has 0 saturated carbocycles. The summed E-state index contributed by atoms with van der Waals surface area (Å²) in [5.41, 5.74) is 1.93. The van der Waals surface area contributed by atoms with Crippen molar-refractivity contribution in [2.45, 2.75) is 65.0 Å². The van der Waals surface area contributed by atoms with Crippen molar-refractivity contribution in [3.05, 3.63) is 70.4 Å². The van der Waals surface area contributed by atoms with Crippen LogP contribution in [0.5, 0.6) is 5.75 Å². The maximum atomic E-state index is 11.9. The van der Waals surface area contributed by atoms with Crippen molar-refractivity contribution in [3.63, 3.8) is 0 Å². The van der Waals surface area contributed by atoms with Crippen LogP contribution in [0, 0.1) is 10.1 Å². The average Bonchev–Trinajstić information content (AvgIpc) is 2.91. The van der Waals surface area contributed by atoms with E-state index in [1.54, 1.807) is 25.4 Å². The highest BCUT2D eigenvalue weighted by atomic mass is 16.6. The Labute approximate surface area is 218 Å². The number of para-hydroxylation sites is 2. The topological polar surface area (TPSA) is 127 Å². The molecule has 0 aliphatic carbocycles. The van der Waals surface area contributed by atoms with Gasteiger partial charge in [-0.1, -0.05) is 45.7 Å². The molecule has 0 aliphatic heterocycles. The van der Waals surface area contributed by atoms with Crippen LogP contribution in [0.1, 0.15) is 64.5 Å². The Kier molecular flexibility index (Phi) is 12.5. The van der Waals surface area contributed by atoms with E-state index in [0.717, 1.165) is 47.9 Å². The first-order valence-electron chi connectivity index (χ1n) is 12.7. The summed E-state index contributed by atoms with van der Waals surface area (Å²) in [7, 11) is 1.63. The minimum absolute atomic E-state index is 0.0930. The van der Waals surface area contributed by atoms with Crippen LogP contribution < -0.4 is 15.4 Å². The van der Waals surface area contributed by atoms with Gasteiger partial charge in [-0.2, -0.15) is 0 Å². The number of carbonyl (C=O) groups excluding carboxylic acids is 1. The summed E-state index contributed by atoms with van der Waals surface area (Å²) in [6.45, 7) is 6.34. The summed E-state index contributed by atoms with van der Waals surface area (Å²) in [6.07, 6.45) is 6.13. The molecule has 0 bridgehead atoms. The molecule has 1 atom stereocenters. The summed E-state index contributed by atoms with van der Waals surface area (Å²) in [5.74, 6) is 0.520. The second kappa shape index (κ2) is 15.5. The number of aliphatic hydroxyl groups is 1. The Bertz CT molecular complexity index is 1150. The number of nitrogens with zero attached hydrogens (tertiary/aromatic N) is 2. The van der Waals surface area contributed by atoms with Gasteiger partial charge in [-0.3, -0.25) is 19.9 Å². The van der Waals surface area contributed by atoms with E-state index in [1.807, 2.05) is 31.2 Å². The number of rotatable bonds is 12. The molecule has 3 rings (SSSR count). The van der Waals surface area contributed by atoms with Crippen LogP contribution in [0.2, 0.25) is 0 Å². The zero-order valence-electron chi connectivity index (χ0n) is 22.1. The Balaban J connectivity index is 0.000000269. The number of hydrogen-bond donors (Lipinski definition) is 3. The van der Waals surface area contributed by atoms with Gasteiger partial charge in [-0.05, 0) is 55.2 Å². The van der Waals surface area contributed by atoms with Gasteiger partial charge in [0, 0.05) is 23.7 Å². The van der Waals surface area contributed by atoms with E-state index in [2.05, 4.69) is 29.5 Å². The van der Waals surface area contributed by atoms with Gasteiger partial charge in [0.2, 0.25) is 5.91 Å². The number of pyridine rings is 1. The third-order valence-corrected chi connectivity index (χ3v) is 5.93. The van der Waals surface area contributed by atoms with E-state index in [9.17, 15) is 20.0 Å². The highest BCUT2D eigenvalue weighted by Gasteiger charge is 2.15. The van der Waals surface area contributed by atoms with Gasteiger partial charge in [0.05, 0.1) is 30.2 Å². The first kappa shape index (κ1) is 29.7. The van der Waals surface area contributed by atoms with Gasteiger partial charge in [-0.15, -0.1) is 0 Å². The van der Waals surface area contributed by atoms with Crippen molar-refractivity contribution in [1.29, 1.82) is 0 Å². The zero-order valence-corrected chi connectivity index (χ0v) is 22.1. The lowest BCUT2D eigenvalue weighted by atomic mass is 10.0. The summed E-state index contributed by atoms with van der Waals surface area (Å²) in [4.78, 5) is 26.5. The van der Waals surface area contributed by atoms with Crippen molar-refractivity contribution in [3.8, 4) is 5.75 Å². The molecule has 1 unspecified atom stereocenters. The van der Waals surface area contributed by atoms with Crippen molar-refractivity contribution >= 4 is 28.2 Å². The van der Waals surface area contributed by atoms with E-state index in [0.29, 0.717) is 12.5 Å². The van der Waals surface area contributed by atoms with Crippen LogP contribution >= 0.6 is 0 Å². The number of amides is 1. The number of hydrogen-bond acceptors (Lipinski definition) is 7. The van der Waals surface area contributed by atoms with Gasteiger partial charge in [0.25, 0.3) is 5.69 Å². The normalized spacial score (nSPS) is 11.5. The van der Waals surface area contributed by atoms with E-state index < -0.39 is 11.0 Å². The van der Waals surface area contributed by atoms with Gasteiger partial charge >= 0.3 is 0 Å². The average molecular weight is 511 g/mol. The van der Waals surface area contributed by atoms with Crippen LogP contribution in [0.25, 0.3) is 10.9 Å². The standard InChI is InChI=1S/C15H23N3O3.C13H15NO2/c1-3-7-12(8-4-2)16-11-15(19)17-13-9-5-6-10-14(13)18(20)21;1-3-13(15)10-6-7-14-12-5-4-9(16-2)8-11(10)12/h5-6,9-10,12,16H,3-4,7-8,11H2,1-2H3,(H,17,19);4-8,13,15H,3H2,1-2H3. The summed E-state index contributed by atoms with van der Waals surface area (Å²) < 4.78 is 5.18. The number of carbonyl (C=O) groups is 1. The highest BCUT2D eigenvalue weighted by molar-refractivity contribution is 5.94. The lowest BCUT2D eigenvalue weighted by Gasteiger charge is -2.17. The number of fused-ring (bicyclic) bond motifs is 1. The molecule has 3 N–H and O–H groups in total. The minimum atomic E-state index is -0.500. The molecule has 2 aromatic carbocycles. The minimum Gasteiger partial charge on any atom is -0.497 e. The number of nitro groups is 1. The van der Waals surface area contributed by atoms with E-state index in [-0.39, 0.29) is 23.8 Å². The lowest BCUT2D eigenvalue weighted by Crippen LogP contribution is -2.36. The first-order chi connectivity index (χ1) is 17.8. The number of nitro benzene ring substituents is 1. The Morgan fingerprint density at radius 1 is 1.11 bits per heavy atom. The van der Waals surface area contributed by atoms with Crippen LogP contribution in [0.4, 0.5) is 11.4 Å². The predicted octanol–water partition coefficient (Wildman–Crippen LogP) is 5.78. The van der Waals surface area contributed by atoms with Crippen molar-refractivity contribution in [2.24, 2.45) is 0 Å². The maximum absolute atomic E-state index is 11.9. The van der Waals surface area contributed by atoms with Gasteiger partial charge in [0.1, 0.15) is 11.4 Å². The van der Waals surface area contributed by atoms with Gasteiger partial charge < -0.3 is 20.5 Å². The fourth-order valence-corrected chi connectivity index (χ4v) is 4.00. The number of aliphatic hydroxyl groups excluding tert-OH is 1. The molecule has 9 nitrogen and oxygen atoms in total. The number of methoxy groups -OCH3 is 1. The quantitative estimate of drug-likeness (QED) is 0.208. The first-order valence-corrected chi connectivity index (χ1v) is 12.7. The fraction of sp³-hybridized carbons (Fsp3) is 0.429. The number of aromatic nitrogens is 1. The van der Waals surface area contributed by atoms with Crippen molar-refractivity contribution in [2.75, 3.05) is 19.0 Å². The molecule has 0 spiro atoms. The molecule has 1 heterocycles. The van der Waals surface area contributed by atoms with Crippen LogP contribution in [-0.4, -0.2) is 40.6 Å². The molecule has 0 aliphatic rings. The smallest absolute Gasteiger partial charge is 0.292 e. The zero-order chi connectivity index (χ0) is 27.2. The summed E-state index contributed by atoms with van der Waals surface area (Å²) in [5, 5.41) is 27.6. The lowest BCUT2D eigenvalue weighted by molar-refractivity contribution is -0.383. The molecule has 1 amide bonds. The molecule has 0 fully saturated rings. The number of anilines is 1. The predicted molar refractivity (Wildman–Crippen MR) is 147 cm³/mol. The Hall–Kier alpha value is -3.56. The molecule has 200 valence electrons. The molecule has 3 aromatic rings. The molecule has 0 radical (unpaired) electrons. The van der Waals surface area contributed by atoms with E-state index in [4.69, 9.17) is 4.74 Å². The van der Waals surface area contributed by atoms with Crippen LogP contribution in [0.3, 0.4) is 0 Å². The Morgan fingerprint density at radius 3 is 2.43 bits per heavy atom. The third-order valence-electron chi connectivity index (χ3n) is 5.93.